The average molecular weight is 458 g/mol. The third-order valence-electron chi connectivity index (χ3n) is 5.66. The molecule has 1 unspecified atom stereocenters. The maximum absolute atomic E-state index is 13.3. The molecule has 0 aliphatic carbocycles. The number of methoxy groups -OCH3 is 3. The van der Waals surface area contributed by atoms with Gasteiger partial charge in [0.2, 0.25) is 0 Å². The molecule has 0 fully saturated rings. The van der Waals surface area contributed by atoms with Crippen molar-refractivity contribution in [3.05, 3.63) is 57.7 Å². The summed E-state index contributed by atoms with van der Waals surface area (Å²) in [5.74, 6) is 0.965. The van der Waals surface area contributed by atoms with E-state index >= 15 is 0 Å². The van der Waals surface area contributed by atoms with E-state index in [2.05, 4.69) is 10.2 Å². The number of aryl methyl sites for hydroxylation is 1. The van der Waals surface area contributed by atoms with Gasteiger partial charge in [-0.1, -0.05) is 17.7 Å². The zero-order valence-electron chi connectivity index (χ0n) is 18.2. The Balaban J connectivity index is 1.91. The van der Waals surface area contributed by atoms with Crippen molar-refractivity contribution in [1.29, 1.82) is 0 Å². The average Bonchev–Trinajstić information content (AvgIpc) is 3.33. The van der Waals surface area contributed by atoms with Crippen LogP contribution in [-0.4, -0.2) is 60.6 Å². The second kappa shape index (κ2) is 8.72. The molecule has 0 saturated heterocycles. The van der Waals surface area contributed by atoms with Crippen molar-refractivity contribution >= 4 is 17.5 Å². The normalized spacial score (nSPS) is 15.2. The first-order valence-corrected chi connectivity index (χ1v) is 10.4. The van der Waals surface area contributed by atoms with Crippen LogP contribution in [0.15, 0.2) is 30.3 Å². The molecule has 3 aromatic rings. The molecule has 32 heavy (non-hydrogen) atoms. The van der Waals surface area contributed by atoms with E-state index < -0.39 is 6.04 Å². The number of carbonyl (C=O) groups is 1. The Labute approximate surface area is 190 Å². The summed E-state index contributed by atoms with van der Waals surface area (Å²) in [6.45, 7) is 2.55. The lowest BCUT2D eigenvalue weighted by Gasteiger charge is -2.26. The molecule has 168 valence electrons. The van der Waals surface area contributed by atoms with Gasteiger partial charge in [0.25, 0.3) is 5.91 Å². The van der Waals surface area contributed by atoms with Crippen molar-refractivity contribution in [1.82, 2.24) is 15.1 Å². The summed E-state index contributed by atoms with van der Waals surface area (Å²) in [7, 11) is 4.72. The molecular formula is C23H24ClN3O5. The largest absolute Gasteiger partial charge is 0.507 e. The smallest absolute Gasteiger partial charge is 0.273 e. The van der Waals surface area contributed by atoms with Crippen LogP contribution in [0.4, 0.5) is 0 Å². The van der Waals surface area contributed by atoms with E-state index in [4.69, 9.17) is 25.8 Å². The third-order valence-corrected chi connectivity index (χ3v) is 6.06. The molecule has 0 bridgehead atoms. The predicted octanol–water partition coefficient (Wildman–Crippen LogP) is 3.95. The molecule has 1 atom stereocenters. The van der Waals surface area contributed by atoms with Crippen molar-refractivity contribution in [2.24, 2.45) is 0 Å². The third kappa shape index (κ3) is 3.55. The second-order valence-corrected chi connectivity index (χ2v) is 7.89. The number of fused-ring (bicyclic) bond motifs is 1. The molecule has 0 saturated carbocycles. The second-order valence-electron chi connectivity index (χ2n) is 7.49. The number of aromatic amines is 1. The Hall–Kier alpha value is -3.23. The molecular weight excluding hydrogens is 434 g/mol. The summed E-state index contributed by atoms with van der Waals surface area (Å²) in [5.41, 5.74) is 3.50. The van der Waals surface area contributed by atoms with E-state index in [9.17, 15) is 9.90 Å². The number of phenols is 1. The Morgan fingerprint density at radius 1 is 1.16 bits per heavy atom. The number of hydrogen-bond donors (Lipinski definition) is 2. The summed E-state index contributed by atoms with van der Waals surface area (Å²) in [6, 6.07) is 8.30. The first-order valence-electron chi connectivity index (χ1n) is 10.0. The zero-order valence-corrected chi connectivity index (χ0v) is 19.0. The number of benzene rings is 2. The van der Waals surface area contributed by atoms with Crippen molar-refractivity contribution in [2.75, 3.05) is 34.5 Å². The van der Waals surface area contributed by atoms with Crippen molar-refractivity contribution < 1.29 is 24.1 Å². The van der Waals surface area contributed by atoms with Gasteiger partial charge in [-0.2, -0.15) is 5.10 Å². The number of aromatic hydroxyl groups is 1. The SMILES string of the molecule is COCCN1C(=O)c2[nH]nc(-c3cc(Cl)c(C)cc3O)c2C1c1ccc(OC)c(OC)c1. The van der Waals surface area contributed by atoms with E-state index in [1.54, 1.807) is 44.4 Å². The van der Waals surface area contributed by atoms with Crippen molar-refractivity contribution in [2.45, 2.75) is 13.0 Å². The van der Waals surface area contributed by atoms with Gasteiger partial charge in [-0.25, -0.2) is 0 Å². The highest BCUT2D eigenvalue weighted by Crippen LogP contribution is 2.46. The molecule has 8 nitrogen and oxygen atoms in total. The van der Waals surface area contributed by atoms with Crippen LogP contribution < -0.4 is 9.47 Å². The zero-order chi connectivity index (χ0) is 23.0. The maximum atomic E-state index is 13.3. The van der Waals surface area contributed by atoms with E-state index in [-0.39, 0.29) is 11.7 Å². The van der Waals surface area contributed by atoms with E-state index in [0.717, 1.165) is 11.1 Å². The summed E-state index contributed by atoms with van der Waals surface area (Å²) in [6.07, 6.45) is 0. The Morgan fingerprint density at radius 2 is 1.91 bits per heavy atom. The molecule has 1 aliphatic rings. The number of amides is 1. The number of H-pyrrole nitrogens is 1. The molecule has 2 aromatic carbocycles. The number of hydrogen-bond acceptors (Lipinski definition) is 6. The molecule has 2 N–H and O–H groups in total. The highest BCUT2D eigenvalue weighted by Gasteiger charge is 2.42. The predicted molar refractivity (Wildman–Crippen MR) is 120 cm³/mol. The first-order chi connectivity index (χ1) is 15.4. The molecule has 2 heterocycles. The standard InChI is InChI=1S/C23H24ClN3O5/c1-12-9-16(28)14(11-15(12)24)20-19-21(26-25-20)23(29)27(7-8-30-2)22(19)13-5-6-17(31-3)18(10-13)32-4/h5-6,9-11,22,28H,7-8H2,1-4H3,(H,25,26). The number of halogens is 1. The lowest BCUT2D eigenvalue weighted by Crippen LogP contribution is -2.32. The summed E-state index contributed by atoms with van der Waals surface area (Å²) in [4.78, 5) is 15.0. The first kappa shape index (κ1) is 22.0. The van der Waals surface area contributed by atoms with Crippen LogP contribution in [0.5, 0.6) is 17.2 Å². The Bertz CT molecular complexity index is 1180. The molecule has 1 aromatic heterocycles. The minimum absolute atomic E-state index is 0.0371. The van der Waals surface area contributed by atoms with Gasteiger partial charge in [0.05, 0.1) is 26.9 Å². The summed E-state index contributed by atoms with van der Waals surface area (Å²) < 4.78 is 16.1. The van der Waals surface area contributed by atoms with Crippen LogP contribution in [0.25, 0.3) is 11.3 Å². The summed E-state index contributed by atoms with van der Waals surface area (Å²) >= 11 is 6.33. The highest BCUT2D eigenvalue weighted by atomic mass is 35.5. The highest BCUT2D eigenvalue weighted by molar-refractivity contribution is 6.31. The summed E-state index contributed by atoms with van der Waals surface area (Å²) in [5, 5.41) is 18.4. The van der Waals surface area contributed by atoms with Crippen LogP contribution >= 0.6 is 11.6 Å². The monoisotopic (exact) mass is 457 g/mol. The minimum atomic E-state index is -0.472. The van der Waals surface area contributed by atoms with Gasteiger partial charge in [-0.15, -0.1) is 0 Å². The van der Waals surface area contributed by atoms with E-state index in [1.807, 2.05) is 19.1 Å². The number of aromatic nitrogens is 2. The van der Waals surface area contributed by atoms with Gasteiger partial charge in [0.1, 0.15) is 17.1 Å². The van der Waals surface area contributed by atoms with Crippen molar-refractivity contribution in [3.8, 4) is 28.5 Å². The fourth-order valence-electron chi connectivity index (χ4n) is 4.05. The van der Waals surface area contributed by atoms with Crippen LogP contribution in [0.1, 0.15) is 33.2 Å². The van der Waals surface area contributed by atoms with Gasteiger partial charge in [0.15, 0.2) is 11.5 Å². The van der Waals surface area contributed by atoms with Gasteiger partial charge in [0, 0.05) is 29.8 Å². The maximum Gasteiger partial charge on any atom is 0.273 e. The number of carbonyl (C=O) groups excluding carboxylic acids is 1. The molecule has 4 rings (SSSR count). The quantitative estimate of drug-likeness (QED) is 0.557. The van der Waals surface area contributed by atoms with Crippen LogP contribution in [0, 0.1) is 6.92 Å². The van der Waals surface area contributed by atoms with Crippen LogP contribution in [-0.2, 0) is 4.74 Å². The van der Waals surface area contributed by atoms with Crippen LogP contribution in [0.2, 0.25) is 5.02 Å². The van der Waals surface area contributed by atoms with Gasteiger partial charge in [-0.05, 0) is 42.3 Å². The number of rotatable bonds is 7. The molecule has 1 aliphatic heterocycles. The molecule has 0 spiro atoms. The minimum Gasteiger partial charge on any atom is -0.507 e. The van der Waals surface area contributed by atoms with Crippen LogP contribution in [0.3, 0.4) is 0 Å². The van der Waals surface area contributed by atoms with E-state index in [0.29, 0.717) is 52.2 Å². The lowest BCUT2D eigenvalue weighted by molar-refractivity contribution is 0.0677. The number of ether oxygens (including phenoxy) is 3. The lowest BCUT2D eigenvalue weighted by atomic mass is 9.95. The number of phenolic OH excluding ortho intramolecular Hbond substituents is 1. The van der Waals surface area contributed by atoms with Gasteiger partial charge >= 0.3 is 0 Å². The van der Waals surface area contributed by atoms with Gasteiger partial charge in [-0.3, -0.25) is 9.89 Å². The fourth-order valence-corrected chi connectivity index (χ4v) is 4.21. The molecule has 9 heteroatoms. The topological polar surface area (TPSA) is 96.9 Å². The van der Waals surface area contributed by atoms with E-state index in [1.165, 1.54) is 0 Å². The Kier molecular flexibility index (Phi) is 5.99. The molecule has 1 amide bonds. The molecule has 0 radical (unpaired) electrons. The number of nitrogens with one attached hydrogen (secondary N) is 1. The fraction of sp³-hybridized carbons (Fsp3) is 0.304. The Morgan fingerprint density at radius 3 is 2.59 bits per heavy atom. The van der Waals surface area contributed by atoms with Gasteiger partial charge < -0.3 is 24.2 Å². The number of nitrogens with zero attached hydrogens (tertiary/aromatic N) is 2. The van der Waals surface area contributed by atoms with Crippen molar-refractivity contribution in [3.63, 3.8) is 0 Å².